The maximum Gasteiger partial charge on any atom is 0.161 e. The average molecular weight is 642 g/mol. The second-order valence-electron chi connectivity index (χ2n) is 12.5. The van der Waals surface area contributed by atoms with Gasteiger partial charge in [-0.15, -0.1) is 0 Å². The van der Waals surface area contributed by atoms with Gasteiger partial charge in [0.15, 0.2) is 11.7 Å². The van der Waals surface area contributed by atoms with E-state index in [0.29, 0.717) is 18.2 Å². The molecule has 0 atom stereocenters. The second-order valence-corrected chi connectivity index (χ2v) is 12.5. The van der Waals surface area contributed by atoms with E-state index >= 15 is 0 Å². The summed E-state index contributed by atoms with van der Waals surface area (Å²) >= 11 is 0. The van der Waals surface area contributed by atoms with Crippen LogP contribution in [0.5, 0.6) is 0 Å². The molecule has 0 aliphatic heterocycles. The summed E-state index contributed by atoms with van der Waals surface area (Å²) < 4.78 is 6.38. The molecule has 0 radical (unpaired) electrons. The smallest absolute Gasteiger partial charge is 0.161 e. The van der Waals surface area contributed by atoms with Crippen molar-refractivity contribution < 1.29 is 4.42 Å². The lowest BCUT2D eigenvalue weighted by molar-refractivity contribution is 0.669. The summed E-state index contributed by atoms with van der Waals surface area (Å²) in [6.07, 6.45) is 0. The molecule has 50 heavy (non-hydrogen) atoms. The zero-order chi connectivity index (χ0) is 33.4. The van der Waals surface area contributed by atoms with Crippen molar-refractivity contribution in [3.05, 3.63) is 180 Å². The normalized spacial score (nSPS) is 12.4. The van der Waals surface area contributed by atoms with Crippen LogP contribution in [0, 0.1) is 0 Å². The molecule has 0 aliphatic carbocycles. The van der Waals surface area contributed by atoms with Crippen molar-refractivity contribution in [2.75, 3.05) is 0 Å². The van der Waals surface area contributed by atoms with Crippen LogP contribution in [0.3, 0.4) is 0 Å². The standard InChI is InChI=1S/C46H31N3O/c1-47-46(40-15-8-16-43-44(40)41-28-38(23-24-42(41)50-43)37-21-19-32-10-3-6-13-35(32)26-37)49-45(39-22-20-33-11-4-7-14-36(33)27-39)48-29-30-17-18-31-9-2-5-12-34(31)25-30/h2-28H,1,29H2/b48-45-,49-46-. The van der Waals surface area contributed by atoms with Crippen molar-refractivity contribution in [3.63, 3.8) is 0 Å². The van der Waals surface area contributed by atoms with Gasteiger partial charge in [0.05, 0.1) is 6.54 Å². The van der Waals surface area contributed by atoms with Crippen molar-refractivity contribution in [2.24, 2.45) is 15.0 Å². The van der Waals surface area contributed by atoms with Gasteiger partial charge in [-0.3, -0.25) is 4.99 Å². The average Bonchev–Trinajstić information content (AvgIpc) is 3.56. The van der Waals surface area contributed by atoms with Gasteiger partial charge in [0.2, 0.25) is 0 Å². The van der Waals surface area contributed by atoms with E-state index in [1.54, 1.807) is 0 Å². The molecule has 4 nitrogen and oxygen atoms in total. The molecule has 0 N–H and O–H groups in total. The van der Waals surface area contributed by atoms with E-state index in [1.807, 2.05) is 24.3 Å². The Hall–Kier alpha value is -6.65. The Morgan fingerprint density at radius 3 is 1.86 bits per heavy atom. The Morgan fingerprint density at radius 2 is 1.12 bits per heavy atom. The lowest BCUT2D eigenvalue weighted by Gasteiger charge is -2.09. The highest BCUT2D eigenvalue weighted by molar-refractivity contribution is 6.22. The molecule has 0 bridgehead atoms. The van der Waals surface area contributed by atoms with Gasteiger partial charge in [-0.2, -0.15) is 0 Å². The van der Waals surface area contributed by atoms with Gasteiger partial charge in [0.1, 0.15) is 11.2 Å². The zero-order valence-electron chi connectivity index (χ0n) is 27.3. The van der Waals surface area contributed by atoms with Crippen LogP contribution in [0.25, 0.3) is 65.4 Å². The van der Waals surface area contributed by atoms with Crippen LogP contribution >= 0.6 is 0 Å². The maximum absolute atomic E-state index is 6.38. The number of fused-ring (bicyclic) bond motifs is 6. The fraction of sp³-hybridized carbons (Fsp3) is 0.0217. The van der Waals surface area contributed by atoms with Crippen molar-refractivity contribution in [1.29, 1.82) is 0 Å². The molecule has 1 heterocycles. The first kappa shape index (κ1) is 29.5. The number of benzene rings is 8. The van der Waals surface area contributed by atoms with E-state index in [9.17, 15) is 0 Å². The number of amidine groups is 2. The third-order valence-electron chi connectivity index (χ3n) is 9.41. The Morgan fingerprint density at radius 1 is 0.500 bits per heavy atom. The quantitative estimate of drug-likeness (QED) is 0.136. The second kappa shape index (κ2) is 12.4. The number of aliphatic imine (C=N–C) groups is 3. The lowest BCUT2D eigenvalue weighted by Crippen LogP contribution is -2.06. The molecule has 9 rings (SSSR count). The van der Waals surface area contributed by atoms with Crippen molar-refractivity contribution in [1.82, 2.24) is 0 Å². The molecule has 0 fully saturated rings. The Kier molecular flexibility index (Phi) is 7.33. The van der Waals surface area contributed by atoms with E-state index in [4.69, 9.17) is 14.4 Å². The summed E-state index contributed by atoms with van der Waals surface area (Å²) in [5, 5.41) is 9.04. The van der Waals surface area contributed by atoms with Crippen LogP contribution < -0.4 is 0 Å². The lowest BCUT2D eigenvalue weighted by atomic mass is 9.98. The van der Waals surface area contributed by atoms with Gasteiger partial charge in [-0.25, -0.2) is 9.98 Å². The number of nitrogens with zero attached hydrogens (tertiary/aromatic N) is 3. The molecular weight excluding hydrogens is 611 g/mol. The van der Waals surface area contributed by atoms with Gasteiger partial charge in [-0.05, 0) is 92.1 Å². The van der Waals surface area contributed by atoms with Crippen LogP contribution in [0.2, 0.25) is 0 Å². The minimum absolute atomic E-state index is 0.467. The summed E-state index contributed by atoms with van der Waals surface area (Å²) in [6, 6.07) is 56.9. The molecule has 4 heteroatoms. The first-order valence-electron chi connectivity index (χ1n) is 16.7. The van der Waals surface area contributed by atoms with Crippen molar-refractivity contribution in [2.45, 2.75) is 6.54 Å². The van der Waals surface area contributed by atoms with Crippen LogP contribution in [0.15, 0.2) is 183 Å². The molecule has 0 unspecified atom stereocenters. The molecule has 9 aromatic rings. The molecule has 0 saturated heterocycles. The molecule has 1 aromatic heterocycles. The predicted octanol–water partition coefficient (Wildman–Crippen LogP) is 11.8. The van der Waals surface area contributed by atoms with Gasteiger partial charge in [-0.1, -0.05) is 127 Å². The largest absolute Gasteiger partial charge is 0.456 e. The molecule has 236 valence electrons. The monoisotopic (exact) mass is 641 g/mol. The van der Waals surface area contributed by atoms with E-state index in [2.05, 4.69) is 151 Å². The van der Waals surface area contributed by atoms with E-state index in [-0.39, 0.29) is 0 Å². The Balaban J connectivity index is 1.18. The molecular formula is C46H31N3O. The Labute approximate surface area is 289 Å². The minimum Gasteiger partial charge on any atom is -0.456 e. The minimum atomic E-state index is 0.467. The van der Waals surface area contributed by atoms with E-state index in [1.165, 1.54) is 21.5 Å². The third kappa shape index (κ3) is 5.43. The maximum atomic E-state index is 6.38. The topological polar surface area (TPSA) is 50.2 Å². The Bertz CT molecular complexity index is 2820. The number of rotatable bonds is 5. The van der Waals surface area contributed by atoms with Crippen molar-refractivity contribution in [3.8, 4) is 11.1 Å². The van der Waals surface area contributed by atoms with Crippen LogP contribution in [0.1, 0.15) is 16.7 Å². The number of hydrogen-bond acceptors (Lipinski definition) is 2. The summed E-state index contributed by atoms with van der Waals surface area (Å²) in [4.78, 5) is 14.8. The molecule has 0 saturated carbocycles. The molecule has 8 aromatic carbocycles. The predicted molar refractivity (Wildman–Crippen MR) is 211 cm³/mol. The van der Waals surface area contributed by atoms with Crippen LogP contribution in [0.4, 0.5) is 0 Å². The fourth-order valence-corrected chi connectivity index (χ4v) is 6.87. The van der Waals surface area contributed by atoms with Crippen molar-refractivity contribution >= 4 is 72.6 Å². The van der Waals surface area contributed by atoms with Gasteiger partial charge >= 0.3 is 0 Å². The van der Waals surface area contributed by atoms with Gasteiger partial charge in [0.25, 0.3) is 0 Å². The summed E-state index contributed by atoms with van der Waals surface area (Å²) in [5.41, 5.74) is 6.69. The first-order chi connectivity index (χ1) is 24.7. The highest BCUT2D eigenvalue weighted by Gasteiger charge is 2.17. The highest BCUT2D eigenvalue weighted by atomic mass is 16.3. The number of hydrogen-bond donors (Lipinski definition) is 0. The third-order valence-corrected chi connectivity index (χ3v) is 9.41. The van der Waals surface area contributed by atoms with Crippen LogP contribution in [-0.2, 0) is 6.54 Å². The van der Waals surface area contributed by atoms with E-state index < -0.39 is 0 Å². The highest BCUT2D eigenvalue weighted by Crippen LogP contribution is 2.36. The molecule has 0 amide bonds. The number of furan rings is 1. The van der Waals surface area contributed by atoms with E-state index in [0.717, 1.165) is 60.5 Å². The molecule has 0 aliphatic rings. The van der Waals surface area contributed by atoms with Gasteiger partial charge in [0, 0.05) is 21.9 Å². The molecule has 0 spiro atoms. The zero-order valence-corrected chi connectivity index (χ0v) is 27.3. The van der Waals surface area contributed by atoms with Crippen LogP contribution in [-0.4, -0.2) is 18.4 Å². The summed E-state index contributed by atoms with van der Waals surface area (Å²) in [7, 11) is 0. The summed E-state index contributed by atoms with van der Waals surface area (Å²) in [6.45, 7) is 4.45. The fourth-order valence-electron chi connectivity index (χ4n) is 6.87. The SMILES string of the molecule is C=N/C(=N\C(=N/Cc1ccc2ccccc2c1)c1ccc2ccccc2c1)c1cccc2oc3ccc(-c4ccc5ccccc5c4)cc3c12. The first-order valence-corrected chi connectivity index (χ1v) is 16.7. The summed E-state index contributed by atoms with van der Waals surface area (Å²) in [5.74, 6) is 1.08. The van der Waals surface area contributed by atoms with Gasteiger partial charge < -0.3 is 4.42 Å².